The fraction of sp³-hybridized carbons (Fsp3) is 0.421. The number of nitrogens with zero attached hydrogens (tertiary/aromatic N) is 1. The molecule has 0 spiro atoms. The van der Waals surface area contributed by atoms with Crippen LogP contribution in [0.2, 0.25) is 0 Å². The molecule has 0 bridgehead atoms. The molecule has 2 aromatic rings. The smallest absolute Gasteiger partial charge is 0.325 e. The number of para-hydroxylation sites is 1. The number of hydrogen-bond acceptors (Lipinski definition) is 4. The van der Waals surface area contributed by atoms with Crippen molar-refractivity contribution in [2.45, 2.75) is 51.5 Å². The van der Waals surface area contributed by atoms with Gasteiger partial charge in [-0.05, 0) is 31.9 Å². The number of hydrogen-bond donors (Lipinski definition) is 3. The van der Waals surface area contributed by atoms with E-state index in [0.717, 1.165) is 12.8 Å². The normalized spacial score (nSPS) is 15.1. The van der Waals surface area contributed by atoms with E-state index in [1.807, 2.05) is 18.2 Å². The summed E-state index contributed by atoms with van der Waals surface area (Å²) in [5.74, 6) is -0.0941. The Bertz CT molecular complexity index is 752. The van der Waals surface area contributed by atoms with Crippen LogP contribution in [0.3, 0.4) is 0 Å². The number of amides is 3. The monoisotopic (exact) mass is 372 g/mol. The lowest BCUT2D eigenvalue weighted by molar-refractivity contribution is 0.0936. The van der Waals surface area contributed by atoms with Crippen LogP contribution in [-0.2, 0) is 0 Å². The number of carbonyl (C=O) groups is 2. The quantitative estimate of drug-likeness (QED) is 0.689. The average molecular weight is 372 g/mol. The van der Waals surface area contributed by atoms with Crippen molar-refractivity contribution in [2.75, 3.05) is 10.6 Å². The summed E-state index contributed by atoms with van der Waals surface area (Å²) in [6.45, 7) is 1.79. The fourth-order valence-corrected chi connectivity index (χ4v) is 3.98. The number of rotatable bonds is 4. The zero-order chi connectivity index (χ0) is 18.4. The van der Waals surface area contributed by atoms with E-state index < -0.39 is 0 Å². The van der Waals surface area contributed by atoms with Gasteiger partial charge in [-0.1, -0.05) is 55.2 Å². The maximum absolute atomic E-state index is 12.6. The number of carbonyl (C=O) groups excluding carboxylic acids is 2. The third kappa shape index (κ3) is 5.05. The molecular formula is C19H24N4O2S. The van der Waals surface area contributed by atoms with Gasteiger partial charge in [0.05, 0.1) is 5.69 Å². The summed E-state index contributed by atoms with van der Waals surface area (Å²) in [6.07, 6.45) is 6.90. The topological polar surface area (TPSA) is 83.1 Å². The fourth-order valence-electron chi connectivity index (χ4n) is 3.12. The van der Waals surface area contributed by atoms with Gasteiger partial charge >= 0.3 is 6.03 Å². The van der Waals surface area contributed by atoms with Crippen molar-refractivity contribution in [3.63, 3.8) is 0 Å². The second kappa shape index (κ2) is 8.80. The van der Waals surface area contributed by atoms with Gasteiger partial charge in [0.15, 0.2) is 5.13 Å². The third-order valence-corrected chi connectivity index (χ3v) is 5.52. The molecule has 138 valence electrons. The van der Waals surface area contributed by atoms with Gasteiger partial charge in [-0.25, -0.2) is 9.78 Å². The zero-order valence-corrected chi connectivity index (χ0v) is 15.7. The molecule has 26 heavy (non-hydrogen) atoms. The number of urea groups is 1. The molecular weight excluding hydrogens is 348 g/mol. The Hall–Kier alpha value is -2.41. The van der Waals surface area contributed by atoms with Crippen LogP contribution in [0.15, 0.2) is 30.3 Å². The standard InChI is InChI=1S/C19H24N4O2S/c1-13-16(17(24)21-14-9-5-2-3-6-10-14)26-19(20-13)23-18(25)22-15-11-7-4-8-12-15/h4,7-8,11-12,14H,2-3,5-6,9-10H2,1H3,(H,21,24)(H2,20,22,23,25). The Morgan fingerprint density at radius 2 is 1.73 bits per heavy atom. The molecule has 1 aromatic heterocycles. The highest BCUT2D eigenvalue weighted by Gasteiger charge is 2.20. The molecule has 1 heterocycles. The Kier molecular flexibility index (Phi) is 6.22. The Balaban J connectivity index is 1.59. The molecule has 7 heteroatoms. The summed E-state index contributed by atoms with van der Waals surface area (Å²) in [7, 11) is 0. The summed E-state index contributed by atoms with van der Waals surface area (Å²) >= 11 is 1.21. The van der Waals surface area contributed by atoms with Gasteiger partial charge in [-0.3, -0.25) is 10.1 Å². The average Bonchev–Trinajstić information content (AvgIpc) is 2.81. The molecule has 0 aliphatic heterocycles. The van der Waals surface area contributed by atoms with E-state index in [-0.39, 0.29) is 18.0 Å². The van der Waals surface area contributed by atoms with Gasteiger partial charge < -0.3 is 10.6 Å². The minimum absolute atomic E-state index is 0.0941. The third-order valence-electron chi connectivity index (χ3n) is 4.45. The van der Waals surface area contributed by atoms with Crippen molar-refractivity contribution in [2.24, 2.45) is 0 Å². The van der Waals surface area contributed by atoms with Crippen molar-refractivity contribution in [1.29, 1.82) is 0 Å². The molecule has 1 aliphatic carbocycles. The molecule has 1 fully saturated rings. The number of anilines is 2. The van der Waals surface area contributed by atoms with Gasteiger partial charge in [-0.15, -0.1) is 0 Å². The van der Waals surface area contributed by atoms with Crippen molar-refractivity contribution < 1.29 is 9.59 Å². The molecule has 0 unspecified atom stereocenters. The lowest BCUT2D eigenvalue weighted by atomic mass is 10.1. The van der Waals surface area contributed by atoms with E-state index in [1.165, 1.54) is 37.0 Å². The Labute approximate surface area is 157 Å². The van der Waals surface area contributed by atoms with Crippen LogP contribution in [0, 0.1) is 6.92 Å². The summed E-state index contributed by atoms with van der Waals surface area (Å²) in [6, 6.07) is 9.05. The minimum atomic E-state index is -0.374. The van der Waals surface area contributed by atoms with Crippen molar-refractivity contribution in [3.05, 3.63) is 40.9 Å². The molecule has 0 radical (unpaired) electrons. The molecule has 0 saturated heterocycles. The molecule has 6 nitrogen and oxygen atoms in total. The first kappa shape index (κ1) is 18.4. The van der Waals surface area contributed by atoms with Crippen LogP contribution >= 0.6 is 11.3 Å². The van der Waals surface area contributed by atoms with Gasteiger partial charge in [0, 0.05) is 11.7 Å². The highest BCUT2D eigenvalue weighted by molar-refractivity contribution is 7.17. The Morgan fingerprint density at radius 1 is 1.04 bits per heavy atom. The van der Waals surface area contributed by atoms with Gasteiger partial charge in [0.1, 0.15) is 4.88 Å². The summed E-state index contributed by atoms with van der Waals surface area (Å²) in [5.41, 5.74) is 1.33. The highest BCUT2D eigenvalue weighted by atomic mass is 32.1. The first-order valence-electron chi connectivity index (χ1n) is 9.03. The lowest BCUT2D eigenvalue weighted by Gasteiger charge is -2.15. The van der Waals surface area contributed by atoms with E-state index in [2.05, 4.69) is 20.9 Å². The number of thiazole rings is 1. The van der Waals surface area contributed by atoms with Crippen molar-refractivity contribution in [3.8, 4) is 0 Å². The maximum Gasteiger partial charge on any atom is 0.325 e. The molecule has 1 saturated carbocycles. The summed E-state index contributed by atoms with van der Waals surface area (Å²) in [4.78, 5) is 29.5. The molecule has 3 N–H and O–H groups in total. The molecule has 1 aromatic carbocycles. The van der Waals surface area contributed by atoms with Crippen LogP contribution in [0.1, 0.15) is 53.9 Å². The van der Waals surface area contributed by atoms with Crippen LogP contribution in [0.5, 0.6) is 0 Å². The molecule has 3 amide bonds. The number of nitrogens with one attached hydrogen (secondary N) is 3. The number of aryl methyl sites for hydroxylation is 1. The molecule has 0 atom stereocenters. The highest BCUT2D eigenvalue weighted by Crippen LogP contribution is 2.24. The molecule has 3 rings (SSSR count). The second-order valence-electron chi connectivity index (χ2n) is 6.54. The Morgan fingerprint density at radius 3 is 2.42 bits per heavy atom. The van der Waals surface area contributed by atoms with E-state index in [0.29, 0.717) is 21.4 Å². The van der Waals surface area contributed by atoms with Crippen LogP contribution in [-0.4, -0.2) is 23.0 Å². The largest absolute Gasteiger partial charge is 0.349 e. The van der Waals surface area contributed by atoms with E-state index >= 15 is 0 Å². The minimum Gasteiger partial charge on any atom is -0.349 e. The van der Waals surface area contributed by atoms with Gasteiger partial charge in [0.25, 0.3) is 5.91 Å². The van der Waals surface area contributed by atoms with E-state index in [4.69, 9.17) is 0 Å². The van der Waals surface area contributed by atoms with Gasteiger partial charge in [0.2, 0.25) is 0 Å². The number of aromatic nitrogens is 1. The predicted molar refractivity (Wildman–Crippen MR) is 105 cm³/mol. The molecule has 1 aliphatic rings. The lowest BCUT2D eigenvalue weighted by Crippen LogP contribution is -2.34. The van der Waals surface area contributed by atoms with Crippen molar-refractivity contribution >= 4 is 34.1 Å². The summed E-state index contributed by atoms with van der Waals surface area (Å²) in [5, 5.41) is 8.98. The van der Waals surface area contributed by atoms with Crippen LogP contribution in [0.4, 0.5) is 15.6 Å². The predicted octanol–water partition coefficient (Wildman–Crippen LogP) is 4.55. The van der Waals surface area contributed by atoms with E-state index in [1.54, 1.807) is 19.1 Å². The number of benzene rings is 1. The van der Waals surface area contributed by atoms with E-state index in [9.17, 15) is 9.59 Å². The maximum atomic E-state index is 12.6. The SMILES string of the molecule is Cc1nc(NC(=O)Nc2ccccc2)sc1C(=O)NC1CCCCCC1. The zero-order valence-electron chi connectivity index (χ0n) is 14.9. The first-order chi connectivity index (χ1) is 12.6. The van der Waals surface area contributed by atoms with Crippen molar-refractivity contribution in [1.82, 2.24) is 10.3 Å². The first-order valence-corrected chi connectivity index (χ1v) is 9.85. The van der Waals surface area contributed by atoms with Crippen LogP contribution < -0.4 is 16.0 Å². The summed E-state index contributed by atoms with van der Waals surface area (Å²) < 4.78 is 0. The van der Waals surface area contributed by atoms with Crippen LogP contribution in [0.25, 0.3) is 0 Å². The second-order valence-corrected chi connectivity index (χ2v) is 7.54. The van der Waals surface area contributed by atoms with Gasteiger partial charge in [-0.2, -0.15) is 0 Å².